The molecule has 0 unspecified atom stereocenters. The van der Waals surface area contributed by atoms with Gasteiger partial charge in [-0.1, -0.05) is 12.1 Å². The Bertz CT molecular complexity index is 896. The van der Waals surface area contributed by atoms with Crippen LogP contribution in [0.3, 0.4) is 0 Å². The van der Waals surface area contributed by atoms with Crippen molar-refractivity contribution in [2.75, 3.05) is 14.1 Å². The maximum atomic E-state index is 12.3. The Balaban J connectivity index is 1.90. The standard InChI is InChI=1S/C19H21N3O4/c1-11-16-13(20-21-18(24)12-7-4-5-9-14(12)23)8-6-10-15(16)26-17(11)19(25)22(2)3/h4-5,7,9,23H,6,8,10H2,1-3H3,(H,21,24)/b20-13+. The van der Waals surface area contributed by atoms with E-state index in [4.69, 9.17) is 4.42 Å². The smallest absolute Gasteiger partial charge is 0.289 e. The molecule has 1 aliphatic rings. The fourth-order valence-corrected chi connectivity index (χ4v) is 3.03. The van der Waals surface area contributed by atoms with Crippen LogP contribution in [0.4, 0.5) is 0 Å². The first-order valence-electron chi connectivity index (χ1n) is 8.39. The maximum absolute atomic E-state index is 12.3. The first kappa shape index (κ1) is 17.7. The molecule has 2 aromatic rings. The Morgan fingerprint density at radius 2 is 1.96 bits per heavy atom. The monoisotopic (exact) mass is 355 g/mol. The summed E-state index contributed by atoms with van der Waals surface area (Å²) >= 11 is 0. The van der Waals surface area contributed by atoms with Crippen LogP contribution >= 0.6 is 0 Å². The predicted octanol–water partition coefficient (Wildman–Crippen LogP) is 2.47. The lowest BCUT2D eigenvalue weighted by molar-refractivity contribution is 0.0793. The highest BCUT2D eigenvalue weighted by Crippen LogP contribution is 2.30. The summed E-state index contributed by atoms with van der Waals surface area (Å²) < 4.78 is 5.78. The molecule has 2 amide bonds. The highest BCUT2D eigenvalue weighted by molar-refractivity contribution is 6.07. The number of carbonyl (C=O) groups excluding carboxylic acids is 2. The van der Waals surface area contributed by atoms with Gasteiger partial charge in [-0.25, -0.2) is 5.43 Å². The van der Waals surface area contributed by atoms with Gasteiger partial charge in [0, 0.05) is 31.6 Å². The zero-order valence-corrected chi connectivity index (χ0v) is 15.0. The zero-order valence-electron chi connectivity index (χ0n) is 15.0. The maximum Gasteiger partial charge on any atom is 0.289 e. The molecule has 3 rings (SSSR count). The molecule has 0 radical (unpaired) electrons. The summed E-state index contributed by atoms with van der Waals surface area (Å²) in [6, 6.07) is 6.28. The Morgan fingerprint density at radius 3 is 2.65 bits per heavy atom. The molecule has 26 heavy (non-hydrogen) atoms. The first-order chi connectivity index (χ1) is 12.4. The van der Waals surface area contributed by atoms with E-state index >= 15 is 0 Å². The van der Waals surface area contributed by atoms with Gasteiger partial charge in [0.2, 0.25) is 0 Å². The second-order valence-corrected chi connectivity index (χ2v) is 6.42. The van der Waals surface area contributed by atoms with Crippen molar-refractivity contribution in [3.05, 3.63) is 52.5 Å². The van der Waals surface area contributed by atoms with Crippen molar-refractivity contribution in [3.63, 3.8) is 0 Å². The molecule has 0 saturated carbocycles. The number of hydrogen-bond donors (Lipinski definition) is 2. The van der Waals surface area contributed by atoms with Gasteiger partial charge in [-0.15, -0.1) is 0 Å². The van der Waals surface area contributed by atoms with Crippen molar-refractivity contribution in [1.29, 1.82) is 0 Å². The lowest BCUT2D eigenvalue weighted by Crippen LogP contribution is -2.23. The Morgan fingerprint density at radius 1 is 1.23 bits per heavy atom. The molecular weight excluding hydrogens is 334 g/mol. The average molecular weight is 355 g/mol. The number of aromatic hydroxyl groups is 1. The van der Waals surface area contributed by atoms with E-state index in [1.165, 1.54) is 17.0 Å². The number of para-hydroxylation sites is 1. The number of carbonyl (C=O) groups is 2. The highest BCUT2D eigenvalue weighted by atomic mass is 16.4. The second kappa shape index (κ2) is 7.03. The van der Waals surface area contributed by atoms with Crippen molar-refractivity contribution >= 4 is 17.5 Å². The first-order valence-corrected chi connectivity index (χ1v) is 8.39. The van der Waals surface area contributed by atoms with Crippen LogP contribution < -0.4 is 5.43 Å². The van der Waals surface area contributed by atoms with Gasteiger partial charge < -0.3 is 14.4 Å². The number of hydrogen-bond acceptors (Lipinski definition) is 5. The number of furan rings is 1. The number of phenols is 1. The summed E-state index contributed by atoms with van der Waals surface area (Å²) in [6.45, 7) is 1.82. The summed E-state index contributed by atoms with van der Waals surface area (Å²) in [5.41, 5.74) is 4.84. The van der Waals surface area contributed by atoms with E-state index in [1.54, 1.807) is 26.2 Å². The molecule has 0 saturated heterocycles. The largest absolute Gasteiger partial charge is 0.507 e. The van der Waals surface area contributed by atoms with Crippen LogP contribution in [-0.4, -0.2) is 41.6 Å². The number of amides is 2. The number of phenolic OH excluding ortho intramolecular Hbond substituents is 1. The molecule has 0 aliphatic heterocycles. The molecule has 1 aromatic carbocycles. The Kier molecular flexibility index (Phi) is 4.79. The second-order valence-electron chi connectivity index (χ2n) is 6.42. The van der Waals surface area contributed by atoms with Crippen molar-refractivity contribution in [1.82, 2.24) is 10.3 Å². The van der Waals surface area contributed by atoms with Gasteiger partial charge in [-0.3, -0.25) is 9.59 Å². The molecule has 1 heterocycles. The molecule has 1 aliphatic carbocycles. The van der Waals surface area contributed by atoms with Crippen molar-refractivity contribution < 1.29 is 19.1 Å². The highest BCUT2D eigenvalue weighted by Gasteiger charge is 2.28. The van der Waals surface area contributed by atoms with E-state index in [0.29, 0.717) is 17.9 Å². The van der Waals surface area contributed by atoms with Gasteiger partial charge in [-0.2, -0.15) is 5.10 Å². The minimum Gasteiger partial charge on any atom is -0.507 e. The van der Waals surface area contributed by atoms with Crippen LogP contribution in [0.2, 0.25) is 0 Å². The SMILES string of the molecule is Cc1c(C(=O)N(C)C)oc2c1/C(=N/NC(=O)c1ccccc1O)CCC2. The summed E-state index contributed by atoms with van der Waals surface area (Å²) in [5.74, 6) is 0.229. The molecule has 136 valence electrons. The zero-order chi connectivity index (χ0) is 18.8. The van der Waals surface area contributed by atoms with Crippen LogP contribution in [0, 0.1) is 6.92 Å². The van der Waals surface area contributed by atoms with Gasteiger partial charge in [0.15, 0.2) is 5.76 Å². The van der Waals surface area contributed by atoms with E-state index in [-0.39, 0.29) is 17.2 Å². The summed E-state index contributed by atoms with van der Waals surface area (Å²) in [7, 11) is 3.34. The molecule has 1 aromatic heterocycles. The quantitative estimate of drug-likeness (QED) is 0.827. The lowest BCUT2D eigenvalue weighted by Gasteiger charge is -2.13. The van der Waals surface area contributed by atoms with Crippen LogP contribution in [0.5, 0.6) is 5.75 Å². The number of nitrogens with one attached hydrogen (secondary N) is 1. The van der Waals surface area contributed by atoms with Crippen molar-refractivity contribution in [2.45, 2.75) is 26.2 Å². The summed E-state index contributed by atoms with van der Waals surface area (Å²) in [5, 5.41) is 14.0. The number of nitrogens with zero attached hydrogens (tertiary/aromatic N) is 2. The van der Waals surface area contributed by atoms with Crippen LogP contribution in [0.15, 0.2) is 33.8 Å². The van der Waals surface area contributed by atoms with Crippen LogP contribution in [0.1, 0.15) is 50.6 Å². The van der Waals surface area contributed by atoms with Gasteiger partial charge in [0.05, 0.1) is 11.3 Å². The topological polar surface area (TPSA) is 95.1 Å². The molecule has 0 fully saturated rings. The lowest BCUT2D eigenvalue weighted by atomic mass is 9.93. The molecular formula is C19H21N3O4. The van der Waals surface area contributed by atoms with Gasteiger partial charge >= 0.3 is 0 Å². The summed E-state index contributed by atoms with van der Waals surface area (Å²) in [4.78, 5) is 26.0. The van der Waals surface area contributed by atoms with Crippen molar-refractivity contribution in [2.24, 2.45) is 5.10 Å². The molecule has 0 atom stereocenters. The average Bonchev–Trinajstić information content (AvgIpc) is 2.96. The number of aryl methyl sites for hydroxylation is 1. The predicted molar refractivity (Wildman–Crippen MR) is 96.5 cm³/mol. The van der Waals surface area contributed by atoms with Gasteiger partial charge in [-0.05, 0) is 31.9 Å². The normalized spacial score (nSPS) is 14.8. The van der Waals surface area contributed by atoms with E-state index in [2.05, 4.69) is 10.5 Å². The minimum absolute atomic E-state index is 0.104. The molecule has 0 spiro atoms. The number of hydrazone groups is 1. The third-order valence-corrected chi connectivity index (χ3v) is 4.37. The Labute approximate surface area is 151 Å². The fraction of sp³-hybridized carbons (Fsp3) is 0.316. The molecule has 7 heteroatoms. The third kappa shape index (κ3) is 3.20. The van der Waals surface area contributed by atoms with E-state index in [9.17, 15) is 14.7 Å². The Hall–Kier alpha value is -3.09. The number of benzene rings is 1. The van der Waals surface area contributed by atoms with Gasteiger partial charge in [0.25, 0.3) is 11.8 Å². The third-order valence-electron chi connectivity index (χ3n) is 4.37. The van der Waals surface area contributed by atoms with Crippen molar-refractivity contribution in [3.8, 4) is 5.75 Å². The molecule has 0 bridgehead atoms. The number of fused-ring (bicyclic) bond motifs is 1. The summed E-state index contributed by atoms with van der Waals surface area (Å²) in [6.07, 6.45) is 2.22. The van der Waals surface area contributed by atoms with Crippen LogP contribution in [0.25, 0.3) is 0 Å². The minimum atomic E-state index is -0.492. The number of rotatable bonds is 3. The van der Waals surface area contributed by atoms with E-state index in [1.807, 2.05) is 6.92 Å². The molecule has 7 nitrogen and oxygen atoms in total. The van der Waals surface area contributed by atoms with E-state index < -0.39 is 5.91 Å². The van der Waals surface area contributed by atoms with E-state index in [0.717, 1.165) is 29.7 Å². The fourth-order valence-electron chi connectivity index (χ4n) is 3.03. The van der Waals surface area contributed by atoms with Crippen LogP contribution in [-0.2, 0) is 6.42 Å². The molecule has 2 N–H and O–H groups in total. The van der Waals surface area contributed by atoms with Gasteiger partial charge in [0.1, 0.15) is 11.5 Å².